The highest BCUT2D eigenvalue weighted by Crippen LogP contribution is 2.31. The lowest BCUT2D eigenvalue weighted by atomic mass is 9.78. The molecule has 1 fully saturated rings. The molecular weight excluding hydrogens is 196 g/mol. The maximum absolute atomic E-state index is 3.29. The van der Waals surface area contributed by atoms with Crippen LogP contribution in [0.5, 0.6) is 0 Å². The molecule has 16 heavy (non-hydrogen) atoms. The summed E-state index contributed by atoms with van der Waals surface area (Å²) in [5, 5.41) is 3.29. The van der Waals surface area contributed by atoms with Crippen LogP contribution in [0, 0.1) is 5.92 Å². The Labute approximate surface area is 98.7 Å². The van der Waals surface area contributed by atoms with Crippen LogP contribution in [0.25, 0.3) is 0 Å². The number of hydrogen-bond donors (Lipinski definition) is 1. The number of benzene rings is 1. The van der Waals surface area contributed by atoms with Gasteiger partial charge >= 0.3 is 0 Å². The largest absolute Gasteiger partial charge is 0.319 e. The van der Waals surface area contributed by atoms with Gasteiger partial charge in [-0.25, -0.2) is 0 Å². The summed E-state index contributed by atoms with van der Waals surface area (Å²) in [6.45, 7) is 2.23. The highest BCUT2D eigenvalue weighted by Gasteiger charge is 2.32. The van der Waals surface area contributed by atoms with Gasteiger partial charge in [0.25, 0.3) is 0 Å². The molecule has 1 N–H and O–H groups in total. The van der Waals surface area contributed by atoms with Crippen LogP contribution in [0.2, 0.25) is 0 Å². The van der Waals surface area contributed by atoms with Gasteiger partial charge < -0.3 is 5.32 Å². The molecule has 1 aliphatic carbocycles. The fraction of sp³-hybridized carbons (Fsp3) is 0.571. The van der Waals surface area contributed by atoms with E-state index < -0.39 is 0 Å². The zero-order valence-corrected chi connectivity index (χ0v) is 10.3. The van der Waals surface area contributed by atoms with Crippen molar-refractivity contribution in [1.29, 1.82) is 0 Å². The molecule has 0 heterocycles. The van der Waals surface area contributed by atoms with E-state index in [0.29, 0.717) is 0 Å². The van der Waals surface area contributed by atoms with E-state index in [1.807, 2.05) is 7.05 Å². The Morgan fingerprint density at radius 3 is 2.56 bits per heavy atom. The third-order valence-corrected chi connectivity index (χ3v) is 3.68. The molecule has 0 aromatic heterocycles. The molecule has 88 valence electrons. The molecule has 0 saturated heterocycles. The summed E-state index contributed by atoms with van der Waals surface area (Å²) in [5.41, 5.74) is 1.42. The van der Waals surface area contributed by atoms with Crippen molar-refractivity contribution in [2.24, 2.45) is 5.92 Å². The van der Waals surface area contributed by atoms with Gasteiger partial charge in [0.2, 0.25) is 0 Å². The first kappa shape index (κ1) is 11.6. The maximum atomic E-state index is 3.29. The summed E-state index contributed by atoms with van der Waals surface area (Å²) < 4.78 is 0. The van der Waals surface area contributed by atoms with Crippen molar-refractivity contribution in [2.45, 2.75) is 25.4 Å². The van der Waals surface area contributed by atoms with Gasteiger partial charge in [-0.15, -0.1) is 0 Å². The Morgan fingerprint density at radius 2 is 2.00 bits per heavy atom. The Hall–Kier alpha value is -0.860. The van der Waals surface area contributed by atoms with Crippen molar-refractivity contribution in [3.05, 3.63) is 35.9 Å². The van der Waals surface area contributed by atoms with Crippen molar-refractivity contribution in [1.82, 2.24) is 10.2 Å². The predicted molar refractivity (Wildman–Crippen MR) is 68.3 cm³/mol. The Kier molecular flexibility index (Phi) is 3.97. The van der Waals surface area contributed by atoms with Crippen molar-refractivity contribution in [2.75, 3.05) is 20.6 Å². The van der Waals surface area contributed by atoms with Crippen LogP contribution in [-0.2, 0) is 6.54 Å². The number of nitrogens with one attached hydrogen (secondary N) is 1. The molecule has 0 aliphatic heterocycles. The Balaban J connectivity index is 1.86. The minimum atomic E-state index is 0.771. The molecule has 0 spiro atoms. The molecule has 0 bridgehead atoms. The zero-order chi connectivity index (χ0) is 11.4. The van der Waals surface area contributed by atoms with Gasteiger partial charge in [-0.1, -0.05) is 30.3 Å². The summed E-state index contributed by atoms with van der Waals surface area (Å²) in [6, 6.07) is 11.5. The van der Waals surface area contributed by atoms with E-state index in [1.165, 1.54) is 18.4 Å². The Morgan fingerprint density at radius 1 is 1.25 bits per heavy atom. The summed E-state index contributed by atoms with van der Waals surface area (Å²) in [6.07, 6.45) is 2.74. The van der Waals surface area contributed by atoms with E-state index in [9.17, 15) is 0 Å². The van der Waals surface area contributed by atoms with E-state index in [2.05, 4.69) is 47.6 Å². The molecule has 0 radical (unpaired) electrons. The quantitative estimate of drug-likeness (QED) is 0.814. The predicted octanol–water partition coefficient (Wildman–Crippen LogP) is 2.12. The van der Waals surface area contributed by atoms with E-state index in [-0.39, 0.29) is 0 Å². The molecule has 1 aliphatic rings. The van der Waals surface area contributed by atoms with Crippen LogP contribution in [0.15, 0.2) is 30.3 Å². The molecule has 2 unspecified atom stereocenters. The first-order valence-corrected chi connectivity index (χ1v) is 6.20. The van der Waals surface area contributed by atoms with Gasteiger partial charge in [0.05, 0.1) is 0 Å². The van der Waals surface area contributed by atoms with Gasteiger partial charge in [0, 0.05) is 12.6 Å². The highest BCUT2D eigenvalue weighted by molar-refractivity contribution is 5.14. The van der Waals surface area contributed by atoms with E-state index in [1.54, 1.807) is 0 Å². The third-order valence-electron chi connectivity index (χ3n) is 3.68. The summed E-state index contributed by atoms with van der Waals surface area (Å²) >= 11 is 0. The first-order valence-electron chi connectivity index (χ1n) is 6.20. The van der Waals surface area contributed by atoms with E-state index in [0.717, 1.165) is 25.0 Å². The first-order chi connectivity index (χ1) is 7.81. The molecule has 1 aromatic carbocycles. The average molecular weight is 218 g/mol. The second kappa shape index (κ2) is 5.46. The lowest BCUT2D eigenvalue weighted by Crippen LogP contribution is -2.48. The Bertz CT molecular complexity index is 310. The van der Waals surface area contributed by atoms with Crippen molar-refractivity contribution in [3.8, 4) is 0 Å². The van der Waals surface area contributed by atoms with Gasteiger partial charge in [0.1, 0.15) is 0 Å². The van der Waals surface area contributed by atoms with Gasteiger partial charge in [-0.05, 0) is 45.0 Å². The standard InChI is InChI=1S/C14H22N2/c1-15-10-13-8-9-14(13)16(2)11-12-6-4-3-5-7-12/h3-7,13-15H,8-11H2,1-2H3. The minimum absolute atomic E-state index is 0.771. The second-order valence-electron chi connectivity index (χ2n) is 4.86. The number of rotatable bonds is 5. The molecular formula is C14H22N2. The van der Waals surface area contributed by atoms with E-state index in [4.69, 9.17) is 0 Å². The van der Waals surface area contributed by atoms with E-state index >= 15 is 0 Å². The van der Waals surface area contributed by atoms with Gasteiger partial charge in [0.15, 0.2) is 0 Å². The highest BCUT2D eigenvalue weighted by atomic mass is 15.1. The van der Waals surface area contributed by atoms with Crippen LogP contribution in [-0.4, -0.2) is 31.6 Å². The smallest absolute Gasteiger partial charge is 0.0233 e. The normalized spacial score (nSPS) is 24.4. The summed E-state index contributed by atoms with van der Waals surface area (Å²) in [4.78, 5) is 2.50. The molecule has 1 aromatic rings. The van der Waals surface area contributed by atoms with Crippen LogP contribution in [0.4, 0.5) is 0 Å². The topological polar surface area (TPSA) is 15.3 Å². The van der Waals surface area contributed by atoms with Crippen LogP contribution >= 0.6 is 0 Å². The summed E-state index contributed by atoms with van der Waals surface area (Å²) in [7, 11) is 4.30. The average Bonchev–Trinajstić information content (AvgIpc) is 2.25. The zero-order valence-electron chi connectivity index (χ0n) is 10.3. The van der Waals surface area contributed by atoms with Crippen LogP contribution in [0.3, 0.4) is 0 Å². The van der Waals surface area contributed by atoms with Crippen molar-refractivity contribution >= 4 is 0 Å². The SMILES string of the molecule is CNCC1CCC1N(C)Cc1ccccc1. The number of nitrogens with zero attached hydrogens (tertiary/aromatic N) is 1. The minimum Gasteiger partial charge on any atom is -0.319 e. The molecule has 2 atom stereocenters. The molecule has 2 heteroatoms. The monoisotopic (exact) mass is 218 g/mol. The fourth-order valence-corrected chi connectivity index (χ4v) is 2.62. The van der Waals surface area contributed by atoms with Gasteiger partial charge in [-0.3, -0.25) is 4.90 Å². The van der Waals surface area contributed by atoms with Crippen molar-refractivity contribution in [3.63, 3.8) is 0 Å². The van der Waals surface area contributed by atoms with Crippen molar-refractivity contribution < 1.29 is 0 Å². The molecule has 0 amide bonds. The van der Waals surface area contributed by atoms with Crippen LogP contribution < -0.4 is 5.32 Å². The van der Waals surface area contributed by atoms with Gasteiger partial charge in [-0.2, -0.15) is 0 Å². The lowest BCUT2D eigenvalue weighted by Gasteiger charge is -2.43. The summed E-state index contributed by atoms with van der Waals surface area (Å²) in [5.74, 6) is 0.846. The molecule has 2 nitrogen and oxygen atoms in total. The second-order valence-corrected chi connectivity index (χ2v) is 4.86. The fourth-order valence-electron chi connectivity index (χ4n) is 2.62. The third kappa shape index (κ3) is 2.63. The molecule has 2 rings (SSSR count). The lowest BCUT2D eigenvalue weighted by molar-refractivity contribution is 0.0793. The maximum Gasteiger partial charge on any atom is 0.0233 e. The van der Waals surface area contributed by atoms with Crippen LogP contribution in [0.1, 0.15) is 18.4 Å². The number of hydrogen-bond acceptors (Lipinski definition) is 2. The molecule has 1 saturated carbocycles.